The van der Waals surface area contributed by atoms with Crippen LogP contribution in [-0.4, -0.2) is 60.0 Å². The lowest BCUT2D eigenvalue weighted by molar-refractivity contribution is -0.140. The molecule has 11 heteroatoms. The van der Waals surface area contributed by atoms with E-state index in [2.05, 4.69) is 15.4 Å². The van der Waals surface area contributed by atoms with Gasteiger partial charge in [-0.25, -0.2) is 8.42 Å². The summed E-state index contributed by atoms with van der Waals surface area (Å²) in [6.07, 6.45) is 10.5. The van der Waals surface area contributed by atoms with Gasteiger partial charge in [0.1, 0.15) is 17.6 Å². The molecule has 5 rings (SSSR count). The Labute approximate surface area is 230 Å². The van der Waals surface area contributed by atoms with Crippen LogP contribution in [0.1, 0.15) is 71.1 Å². The normalized spacial score (nSPS) is 31.5. The summed E-state index contributed by atoms with van der Waals surface area (Å²) < 4.78 is 26.9. The number of amides is 3. The number of benzene rings is 1. The molecule has 2 saturated carbocycles. The molecule has 1 aromatic rings. The van der Waals surface area contributed by atoms with Crippen molar-refractivity contribution in [1.82, 2.24) is 14.9 Å². The van der Waals surface area contributed by atoms with E-state index in [1.807, 2.05) is 24.3 Å². The van der Waals surface area contributed by atoms with Crippen LogP contribution < -0.4 is 21.1 Å². The first-order valence-electron chi connectivity index (χ1n) is 14.0. The second kappa shape index (κ2) is 10.5. The molecule has 0 bridgehead atoms. The Morgan fingerprint density at radius 2 is 1.92 bits per heavy atom. The summed E-state index contributed by atoms with van der Waals surface area (Å²) in [6.45, 7) is 2.07. The average Bonchev–Trinajstić information content (AvgIpc) is 3.74. The maximum Gasteiger partial charge on any atom is 0.259 e. The van der Waals surface area contributed by atoms with Crippen molar-refractivity contribution < 1.29 is 22.8 Å². The first-order valence-corrected chi connectivity index (χ1v) is 15.5. The van der Waals surface area contributed by atoms with Crippen molar-refractivity contribution in [2.45, 2.75) is 93.5 Å². The minimum absolute atomic E-state index is 0.154. The standard InChI is InChI=1S/C28H39N5O5S/c1-27(14-15-27)39(37,38)32-26(36)28-18-19(28)9-5-3-2-4-6-12-22(30-21-11-7-10-20(29)17-21)25(35)33-16-8-13-23(33)24(34)31-28/h5,7,9-11,17,19,22-23,30H,2-4,6,8,12-16,18,29H2,1H3,(H,31,34)(H,32,36)/b9-5-/t19-,22+,23+,28-/m1/s1. The number of nitrogen functional groups attached to an aromatic ring is 1. The van der Waals surface area contributed by atoms with Crippen molar-refractivity contribution in [3.63, 3.8) is 0 Å². The minimum atomic E-state index is -3.85. The summed E-state index contributed by atoms with van der Waals surface area (Å²) in [5.41, 5.74) is 5.95. The van der Waals surface area contributed by atoms with Gasteiger partial charge in [0.2, 0.25) is 21.8 Å². The molecule has 0 unspecified atom stereocenters. The van der Waals surface area contributed by atoms with E-state index < -0.39 is 44.2 Å². The fourth-order valence-electron chi connectivity index (χ4n) is 5.70. The number of allylic oxidation sites excluding steroid dienone is 1. The van der Waals surface area contributed by atoms with Crippen LogP contribution in [0.25, 0.3) is 0 Å². The SMILES string of the molecule is CC1(S(=O)(=O)NC(=O)[C@@]23C[C@H]2/C=C\CCCCC[C@H](Nc2cccc(N)c2)C(=O)N2CCC[C@H]2C(=O)N3)CC1. The lowest BCUT2D eigenvalue weighted by atomic mass is 10.0. The number of anilines is 2. The van der Waals surface area contributed by atoms with Gasteiger partial charge in [-0.2, -0.15) is 0 Å². The lowest BCUT2D eigenvalue weighted by Crippen LogP contribution is -2.58. The molecule has 0 spiro atoms. The third-order valence-corrected chi connectivity index (χ3v) is 10.9. The van der Waals surface area contributed by atoms with E-state index in [0.29, 0.717) is 50.8 Å². The molecular weight excluding hydrogens is 518 g/mol. The number of carbonyl (C=O) groups excluding carboxylic acids is 3. The molecule has 2 heterocycles. The number of sulfonamides is 1. The first-order chi connectivity index (χ1) is 18.5. The third-order valence-electron chi connectivity index (χ3n) is 8.69. The van der Waals surface area contributed by atoms with Gasteiger partial charge in [0.15, 0.2) is 0 Å². The van der Waals surface area contributed by atoms with Crippen LogP contribution in [0, 0.1) is 5.92 Å². The molecule has 3 fully saturated rings. The predicted octanol–water partition coefficient (Wildman–Crippen LogP) is 2.43. The fourth-order valence-corrected chi connectivity index (χ4v) is 7.02. The summed E-state index contributed by atoms with van der Waals surface area (Å²) in [7, 11) is -3.85. The quantitative estimate of drug-likeness (QED) is 0.321. The number of nitrogens with zero attached hydrogens (tertiary/aromatic N) is 1. The zero-order valence-electron chi connectivity index (χ0n) is 22.4. The Morgan fingerprint density at radius 1 is 1.13 bits per heavy atom. The maximum atomic E-state index is 13.8. The van der Waals surface area contributed by atoms with Gasteiger partial charge in [-0.1, -0.05) is 31.1 Å². The van der Waals surface area contributed by atoms with Gasteiger partial charge in [-0.15, -0.1) is 0 Å². The van der Waals surface area contributed by atoms with Crippen LogP contribution in [0.2, 0.25) is 0 Å². The molecule has 0 radical (unpaired) electrons. The highest BCUT2D eigenvalue weighted by molar-refractivity contribution is 7.91. The Balaban J connectivity index is 1.38. The van der Waals surface area contributed by atoms with Crippen molar-refractivity contribution in [2.24, 2.45) is 5.92 Å². The largest absolute Gasteiger partial charge is 0.399 e. The Bertz CT molecular complexity index is 1280. The molecule has 2 aliphatic heterocycles. The predicted molar refractivity (Wildman–Crippen MR) is 149 cm³/mol. The molecule has 39 heavy (non-hydrogen) atoms. The smallest absolute Gasteiger partial charge is 0.259 e. The van der Waals surface area contributed by atoms with Crippen LogP contribution in [-0.2, 0) is 24.4 Å². The number of nitrogens with one attached hydrogen (secondary N) is 3. The van der Waals surface area contributed by atoms with E-state index in [4.69, 9.17) is 5.73 Å². The van der Waals surface area contributed by atoms with Crippen LogP contribution in [0.5, 0.6) is 0 Å². The van der Waals surface area contributed by atoms with Crippen molar-refractivity contribution >= 4 is 39.1 Å². The second-order valence-corrected chi connectivity index (χ2v) is 13.9. The number of hydrogen-bond donors (Lipinski definition) is 4. The molecule has 4 aliphatic rings. The van der Waals surface area contributed by atoms with Gasteiger partial charge in [0.05, 0.1) is 4.75 Å². The molecule has 2 aliphatic carbocycles. The van der Waals surface area contributed by atoms with Gasteiger partial charge in [-0.3, -0.25) is 19.1 Å². The third kappa shape index (κ3) is 5.64. The molecule has 1 aromatic carbocycles. The number of hydrogen-bond acceptors (Lipinski definition) is 7. The van der Waals surface area contributed by atoms with E-state index in [-0.39, 0.29) is 11.8 Å². The van der Waals surface area contributed by atoms with Crippen LogP contribution in [0.15, 0.2) is 36.4 Å². The monoisotopic (exact) mass is 557 g/mol. The van der Waals surface area contributed by atoms with Crippen LogP contribution in [0.4, 0.5) is 11.4 Å². The summed E-state index contributed by atoms with van der Waals surface area (Å²) in [5.74, 6) is -1.56. The zero-order valence-corrected chi connectivity index (χ0v) is 23.3. The second-order valence-electron chi connectivity index (χ2n) is 11.7. The number of carbonyl (C=O) groups is 3. The molecule has 212 valence electrons. The zero-order chi connectivity index (χ0) is 27.8. The van der Waals surface area contributed by atoms with E-state index in [0.717, 1.165) is 31.4 Å². The summed E-state index contributed by atoms with van der Waals surface area (Å²) >= 11 is 0. The Kier molecular flexibility index (Phi) is 7.39. The van der Waals surface area contributed by atoms with Gasteiger partial charge >= 0.3 is 0 Å². The summed E-state index contributed by atoms with van der Waals surface area (Å²) in [5, 5.41) is 6.23. The van der Waals surface area contributed by atoms with Crippen molar-refractivity contribution in [3.05, 3.63) is 36.4 Å². The van der Waals surface area contributed by atoms with E-state index in [1.54, 1.807) is 24.0 Å². The summed E-state index contributed by atoms with van der Waals surface area (Å²) in [4.78, 5) is 42.4. The van der Waals surface area contributed by atoms with Crippen LogP contribution in [0.3, 0.4) is 0 Å². The molecule has 1 saturated heterocycles. The molecule has 3 amide bonds. The Hall–Kier alpha value is -3.08. The molecular formula is C28H39N5O5S. The topological polar surface area (TPSA) is 151 Å². The molecule has 4 atom stereocenters. The van der Waals surface area contributed by atoms with Crippen LogP contribution >= 0.6 is 0 Å². The lowest BCUT2D eigenvalue weighted by Gasteiger charge is -2.30. The summed E-state index contributed by atoms with van der Waals surface area (Å²) in [6, 6.07) is 6.02. The van der Waals surface area contributed by atoms with Gasteiger partial charge in [0.25, 0.3) is 5.91 Å². The minimum Gasteiger partial charge on any atom is -0.399 e. The average molecular weight is 558 g/mol. The van der Waals surface area contributed by atoms with E-state index >= 15 is 0 Å². The van der Waals surface area contributed by atoms with E-state index in [1.165, 1.54) is 0 Å². The number of rotatable bonds is 5. The highest BCUT2D eigenvalue weighted by Gasteiger charge is 2.62. The van der Waals surface area contributed by atoms with E-state index in [9.17, 15) is 22.8 Å². The maximum absolute atomic E-state index is 13.8. The molecule has 10 nitrogen and oxygen atoms in total. The van der Waals surface area contributed by atoms with Gasteiger partial charge in [-0.05, 0) is 76.5 Å². The van der Waals surface area contributed by atoms with Gasteiger partial charge < -0.3 is 21.3 Å². The molecule has 5 N–H and O–H groups in total. The van der Waals surface area contributed by atoms with Crippen molar-refractivity contribution in [2.75, 3.05) is 17.6 Å². The van der Waals surface area contributed by atoms with Gasteiger partial charge in [0, 0.05) is 23.8 Å². The van der Waals surface area contributed by atoms with Crippen molar-refractivity contribution in [3.8, 4) is 0 Å². The number of nitrogens with two attached hydrogens (primary N) is 1. The highest BCUT2D eigenvalue weighted by atomic mass is 32.2. The first kappa shape index (κ1) is 27.5. The Morgan fingerprint density at radius 3 is 2.67 bits per heavy atom. The highest BCUT2D eigenvalue weighted by Crippen LogP contribution is 2.47. The van der Waals surface area contributed by atoms with Crippen molar-refractivity contribution in [1.29, 1.82) is 0 Å². The fraction of sp³-hybridized carbons (Fsp3) is 0.607. The molecule has 0 aromatic heterocycles. The number of fused-ring (bicyclic) bond motifs is 2.